The molecule has 1 saturated carbocycles. The van der Waals surface area contributed by atoms with Gasteiger partial charge in [0.05, 0.1) is 0 Å². The zero-order valence-corrected chi connectivity index (χ0v) is 13.4. The van der Waals surface area contributed by atoms with Crippen molar-refractivity contribution in [2.45, 2.75) is 57.5 Å². The van der Waals surface area contributed by atoms with E-state index in [-0.39, 0.29) is 24.4 Å². The van der Waals surface area contributed by atoms with E-state index in [9.17, 15) is 4.79 Å². The molecule has 1 amide bonds. The summed E-state index contributed by atoms with van der Waals surface area (Å²) in [4.78, 5) is 15.8. The van der Waals surface area contributed by atoms with E-state index in [2.05, 4.69) is 20.7 Å². The Balaban J connectivity index is 0.00000220. The third-order valence-corrected chi connectivity index (χ3v) is 3.93. The summed E-state index contributed by atoms with van der Waals surface area (Å²) in [6.07, 6.45) is 10.9. The Kier molecular flexibility index (Phi) is 8.30. The smallest absolute Gasteiger partial charge is 0.244 e. The first-order chi connectivity index (χ1) is 9.77. The third-order valence-electron chi connectivity index (χ3n) is 3.93. The fourth-order valence-electron chi connectivity index (χ4n) is 2.63. The van der Waals surface area contributed by atoms with E-state index in [1.807, 2.05) is 6.92 Å². The second-order valence-electron chi connectivity index (χ2n) is 5.49. The van der Waals surface area contributed by atoms with Crippen molar-refractivity contribution in [2.75, 3.05) is 13.1 Å². The molecular weight excluding hydrogens is 290 g/mol. The van der Waals surface area contributed by atoms with Crippen molar-refractivity contribution < 1.29 is 4.79 Å². The van der Waals surface area contributed by atoms with Crippen LogP contribution in [0.4, 0.5) is 0 Å². The normalized spacial score (nSPS) is 17.6. The minimum Gasteiger partial charge on any atom is -0.353 e. The van der Waals surface area contributed by atoms with Crippen LogP contribution < -0.4 is 10.6 Å². The van der Waals surface area contributed by atoms with E-state index in [0.29, 0.717) is 12.6 Å². The van der Waals surface area contributed by atoms with Gasteiger partial charge in [-0.15, -0.1) is 12.4 Å². The summed E-state index contributed by atoms with van der Waals surface area (Å²) < 4.78 is 1.56. The molecule has 1 unspecified atom stereocenters. The summed E-state index contributed by atoms with van der Waals surface area (Å²) in [5.41, 5.74) is 0. The quantitative estimate of drug-likeness (QED) is 0.619. The predicted molar refractivity (Wildman–Crippen MR) is 84.5 cm³/mol. The van der Waals surface area contributed by atoms with Crippen LogP contribution in [0.1, 0.15) is 51.5 Å². The van der Waals surface area contributed by atoms with Crippen LogP contribution in [-0.4, -0.2) is 39.8 Å². The Morgan fingerprint density at radius 3 is 2.62 bits per heavy atom. The zero-order valence-electron chi connectivity index (χ0n) is 12.6. The lowest BCUT2D eigenvalue weighted by molar-refractivity contribution is -0.124. The van der Waals surface area contributed by atoms with Gasteiger partial charge in [0.2, 0.25) is 5.91 Å². The van der Waals surface area contributed by atoms with Crippen molar-refractivity contribution in [2.24, 2.45) is 0 Å². The van der Waals surface area contributed by atoms with E-state index < -0.39 is 0 Å². The molecular formula is C14H26ClN5O. The minimum atomic E-state index is -0.310. The first kappa shape index (κ1) is 17.9. The number of carbonyl (C=O) groups is 1. The highest BCUT2D eigenvalue weighted by atomic mass is 35.5. The molecule has 0 bridgehead atoms. The standard InChI is InChI=1S/C14H25N5O.ClH/c1-12(19-11-15-10-18-19)14(20)17-9-8-16-13-6-4-2-3-5-7-13;/h10-13,16H,2-9H2,1H3,(H,17,20);1H. The lowest BCUT2D eigenvalue weighted by Crippen LogP contribution is -2.39. The lowest BCUT2D eigenvalue weighted by Gasteiger charge is -2.17. The number of rotatable bonds is 6. The van der Waals surface area contributed by atoms with E-state index in [0.717, 1.165) is 6.54 Å². The summed E-state index contributed by atoms with van der Waals surface area (Å²) >= 11 is 0. The van der Waals surface area contributed by atoms with Gasteiger partial charge in [-0.25, -0.2) is 9.67 Å². The van der Waals surface area contributed by atoms with Gasteiger partial charge in [0.15, 0.2) is 0 Å². The molecule has 2 N–H and O–H groups in total. The molecule has 2 rings (SSSR count). The maximum absolute atomic E-state index is 11.9. The SMILES string of the molecule is CC(C(=O)NCCNC1CCCCCC1)n1cncn1.Cl. The van der Waals surface area contributed by atoms with Crippen molar-refractivity contribution >= 4 is 18.3 Å². The van der Waals surface area contributed by atoms with Crippen LogP contribution in [-0.2, 0) is 4.79 Å². The Bertz CT molecular complexity index is 390. The fourth-order valence-corrected chi connectivity index (χ4v) is 2.63. The highest BCUT2D eigenvalue weighted by molar-refractivity contribution is 5.85. The number of hydrogen-bond donors (Lipinski definition) is 2. The Hall–Kier alpha value is -1.14. The molecule has 1 atom stereocenters. The van der Waals surface area contributed by atoms with E-state index in [1.54, 1.807) is 11.0 Å². The van der Waals surface area contributed by atoms with Crippen LogP contribution in [0.15, 0.2) is 12.7 Å². The molecule has 7 heteroatoms. The zero-order chi connectivity index (χ0) is 14.2. The van der Waals surface area contributed by atoms with Gasteiger partial charge in [-0.1, -0.05) is 25.7 Å². The van der Waals surface area contributed by atoms with E-state index >= 15 is 0 Å². The van der Waals surface area contributed by atoms with E-state index in [1.165, 1.54) is 44.9 Å². The fraction of sp³-hybridized carbons (Fsp3) is 0.786. The second-order valence-corrected chi connectivity index (χ2v) is 5.49. The molecule has 6 nitrogen and oxygen atoms in total. The molecule has 1 aromatic heterocycles. The van der Waals surface area contributed by atoms with Gasteiger partial charge in [-0.2, -0.15) is 5.10 Å². The van der Waals surface area contributed by atoms with Gasteiger partial charge in [-0.3, -0.25) is 4.79 Å². The largest absolute Gasteiger partial charge is 0.353 e. The molecule has 1 aliphatic carbocycles. The van der Waals surface area contributed by atoms with Gasteiger partial charge in [0.25, 0.3) is 0 Å². The molecule has 0 radical (unpaired) electrons. The maximum Gasteiger partial charge on any atom is 0.244 e. The second kappa shape index (κ2) is 9.73. The number of amides is 1. The van der Waals surface area contributed by atoms with Crippen LogP contribution in [0.25, 0.3) is 0 Å². The summed E-state index contributed by atoms with van der Waals surface area (Å²) in [6, 6.07) is 0.317. The molecule has 1 heterocycles. The number of nitrogens with one attached hydrogen (secondary N) is 2. The first-order valence-corrected chi connectivity index (χ1v) is 7.62. The van der Waals surface area contributed by atoms with Crippen LogP contribution in [0.5, 0.6) is 0 Å². The van der Waals surface area contributed by atoms with Crippen molar-refractivity contribution in [3.05, 3.63) is 12.7 Å². The third kappa shape index (κ3) is 6.01. The van der Waals surface area contributed by atoms with Crippen LogP contribution in [0, 0.1) is 0 Å². The van der Waals surface area contributed by atoms with Crippen molar-refractivity contribution in [1.29, 1.82) is 0 Å². The Morgan fingerprint density at radius 1 is 1.29 bits per heavy atom. The van der Waals surface area contributed by atoms with Crippen molar-refractivity contribution in [1.82, 2.24) is 25.4 Å². The van der Waals surface area contributed by atoms with Gasteiger partial charge in [0, 0.05) is 19.1 Å². The number of halogens is 1. The van der Waals surface area contributed by atoms with Gasteiger partial charge >= 0.3 is 0 Å². The minimum absolute atomic E-state index is 0. The molecule has 1 fully saturated rings. The Labute approximate surface area is 132 Å². The molecule has 0 saturated heterocycles. The molecule has 21 heavy (non-hydrogen) atoms. The molecule has 1 aromatic rings. The number of carbonyl (C=O) groups excluding carboxylic acids is 1. The van der Waals surface area contributed by atoms with Crippen LogP contribution in [0.2, 0.25) is 0 Å². The summed E-state index contributed by atoms with van der Waals surface area (Å²) in [7, 11) is 0. The Morgan fingerprint density at radius 2 is 2.00 bits per heavy atom. The van der Waals surface area contributed by atoms with Gasteiger partial charge < -0.3 is 10.6 Å². The topological polar surface area (TPSA) is 71.8 Å². The van der Waals surface area contributed by atoms with Gasteiger partial charge in [-0.05, 0) is 19.8 Å². The van der Waals surface area contributed by atoms with Crippen LogP contribution in [0.3, 0.4) is 0 Å². The number of hydrogen-bond acceptors (Lipinski definition) is 4. The van der Waals surface area contributed by atoms with Gasteiger partial charge in [0.1, 0.15) is 18.7 Å². The predicted octanol–water partition coefficient (Wildman–Crippen LogP) is 1.69. The summed E-state index contributed by atoms with van der Waals surface area (Å²) in [5, 5.41) is 10.5. The average Bonchev–Trinajstić information content (AvgIpc) is 2.87. The monoisotopic (exact) mass is 315 g/mol. The van der Waals surface area contributed by atoms with E-state index in [4.69, 9.17) is 0 Å². The molecule has 0 aliphatic heterocycles. The van der Waals surface area contributed by atoms with Crippen LogP contribution >= 0.6 is 12.4 Å². The van der Waals surface area contributed by atoms with Crippen molar-refractivity contribution in [3.8, 4) is 0 Å². The lowest BCUT2D eigenvalue weighted by atomic mass is 10.1. The highest BCUT2D eigenvalue weighted by Crippen LogP contribution is 2.16. The first-order valence-electron chi connectivity index (χ1n) is 7.62. The molecule has 1 aliphatic rings. The summed E-state index contributed by atoms with van der Waals surface area (Å²) in [6.45, 7) is 3.32. The molecule has 0 aromatic carbocycles. The maximum atomic E-state index is 11.9. The molecule has 0 spiro atoms. The summed E-state index contributed by atoms with van der Waals surface area (Å²) in [5.74, 6) is -0.0156. The highest BCUT2D eigenvalue weighted by Gasteiger charge is 2.15. The number of nitrogens with zero attached hydrogens (tertiary/aromatic N) is 3. The number of aromatic nitrogens is 3. The average molecular weight is 316 g/mol. The van der Waals surface area contributed by atoms with Crippen molar-refractivity contribution in [3.63, 3.8) is 0 Å². The molecule has 120 valence electrons.